The molecule has 0 atom stereocenters. The largest absolute Gasteiger partial charge is 0.476 e. The van der Waals surface area contributed by atoms with Crippen molar-refractivity contribution in [3.63, 3.8) is 0 Å². The highest BCUT2D eigenvalue weighted by Crippen LogP contribution is 2.16. The van der Waals surface area contributed by atoms with E-state index in [1.807, 2.05) is 0 Å². The van der Waals surface area contributed by atoms with Crippen molar-refractivity contribution < 1.29 is 14.7 Å². The molecule has 0 radical (unpaired) electrons. The van der Waals surface area contributed by atoms with Gasteiger partial charge in [0.05, 0.1) is 12.1 Å². The second-order valence-corrected chi connectivity index (χ2v) is 5.17. The van der Waals surface area contributed by atoms with Gasteiger partial charge < -0.3 is 10.4 Å². The predicted octanol–water partition coefficient (Wildman–Crippen LogP) is 1.87. The minimum atomic E-state index is -1.12. The van der Waals surface area contributed by atoms with Crippen LogP contribution in [0.1, 0.15) is 25.9 Å². The van der Waals surface area contributed by atoms with Gasteiger partial charge in [0.25, 0.3) is 5.91 Å². The fourth-order valence-electron chi connectivity index (χ4n) is 1.25. The standard InChI is InChI=1S/C10H6Cl2N4O3S/c11-6-1-4(8(12)16-15-6)9(17)13-2-7-14-5(3-20-7)10(18)19/h1,3H,2H2,(H,13,17)(H,18,19). The molecule has 2 heterocycles. The summed E-state index contributed by atoms with van der Waals surface area (Å²) in [7, 11) is 0. The zero-order valence-corrected chi connectivity index (χ0v) is 12.0. The van der Waals surface area contributed by atoms with Gasteiger partial charge in [-0.05, 0) is 6.07 Å². The molecule has 0 saturated heterocycles. The Labute approximate surface area is 126 Å². The Kier molecular flexibility index (Phi) is 4.48. The molecule has 0 aliphatic heterocycles. The summed E-state index contributed by atoms with van der Waals surface area (Å²) in [6.45, 7) is 0.0764. The van der Waals surface area contributed by atoms with Crippen LogP contribution in [-0.4, -0.2) is 32.2 Å². The third-order valence-corrected chi connectivity index (χ3v) is 3.45. The van der Waals surface area contributed by atoms with E-state index in [2.05, 4.69) is 20.5 Å². The van der Waals surface area contributed by atoms with Crippen LogP contribution in [0.25, 0.3) is 0 Å². The second kappa shape index (κ2) is 6.12. The van der Waals surface area contributed by atoms with Gasteiger partial charge in [-0.1, -0.05) is 23.2 Å². The number of carbonyl (C=O) groups is 2. The summed E-state index contributed by atoms with van der Waals surface area (Å²) in [6.07, 6.45) is 0. The summed E-state index contributed by atoms with van der Waals surface area (Å²) in [4.78, 5) is 26.4. The Balaban J connectivity index is 2.04. The fourth-order valence-corrected chi connectivity index (χ4v) is 2.29. The second-order valence-electron chi connectivity index (χ2n) is 3.49. The average molecular weight is 333 g/mol. The first-order valence-corrected chi connectivity index (χ1v) is 6.75. The lowest BCUT2D eigenvalue weighted by Crippen LogP contribution is -2.23. The van der Waals surface area contributed by atoms with Gasteiger partial charge in [-0.25, -0.2) is 9.78 Å². The van der Waals surface area contributed by atoms with Crippen LogP contribution in [0.5, 0.6) is 0 Å². The van der Waals surface area contributed by atoms with Crippen molar-refractivity contribution in [2.45, 2.75) is 6.54 Å². The number of carboxylic acids is 1. The molecule has 0 aliphatic rings. The zero-order valence-electron chi connectivity index (χ0n) is 9.63. The van der Waals surface area contributed by atoms with E-state index in [4.69, 9.17) is 28.3 Å². The number of amides is 1. The lowest BCUT2D eigenvalue weighted by atomic mass is 10.3. The predicted molar refractivity (Wildman–Crippen MR) is 72.3 cm³/mol. The van der Waals surface area contributed by atoms with Crippen LogP contribution in [0.4, 0.5) is 0 Å². The molecule has 2 rings (SSSR count). The number of rotatable bonds is 4. The number of nitrogens with one attached hydrogen (secondary N) is 1. The molecule has 0 fully saturated rings. The van der Waals surface area contributed by atoms with Gasteiger partial charge in [0.1, 0.15) is 5.01 Å². The van der Waals surface area contributed by atoms with Crippen LogP contribution in [0.3, 0.4) is 0 Å². The molecule has 0 aliphatic carbocycles. The van der Waals surface area contributed by atoms with Crippen molar-refractivity contribution >= 4 is 46.4 Å². The Morgan fingerprint density at radius 2 is 2.10 bits per heavy atom. The van der Waals surface area contributed by atoms with E-state index in [-0.39, 0.29) is 28.1 Å². The minimum absolute atomic E-state index is 0.0435. The lowest BCUT2D eigenvalue weighted by Gasteiger charge is -2.04. The van der Waals surface area contributed by atoms with E-state index in [0.29, 0.717) is 5.01 Å². The molecule has 0 aromatic carbocycles. The summed E-state index contributed by atoms with van der Waals surface area (Å²) < 4.78 is 0. The molecule has 0 spiro atoms. The maximum atomic E-state index is 11.9. The Morgan fingerprint density at radius 3 is 2.75 bits per heavy atom. The monoisotopic (exact) mass is 332 g/mol. The Bertz CT molecular complexity index is 676. The summed E-state index contributed by atoms with van der Waals surface area (Å²) in [5.74, 6) is -1.62. The molecule has 1 amide bonds. The quantitative estimate of drug-likeness (QED) is 0.885. The number of hydrogen-bond acceptors (Lipinski definition) is 6. The van der Waals surface area contributed by atoms with E-state index in [1.165, 1.54) is 11.4 Å². The number of aromatic nitrogens is 3. The topological polar surface area (TPSA) is 105 Å². The van der Waals surface area contributed by atoms with Crippen molar-refractivity contribution in [2.24, 2.45) is 0 Å². The molecule has 7 nitrogen and oxygen atoms in total. The van der Waals surface area contributed by atoms with Crippen molar-refractivity contribution in [1.29, 1.82) is 0 Å². The number of carboxylic acid groups (broad SMARTS) is 1. The van der Waals surface area contributed by atoms with Crippen LogP contribution in [0.15, 0.2) is 11.4 Å². The van der Waals surface area contributed by atoms with E-state index in [9.17, 15) is 9.59 Å². The highest BCUT2D eigenvalue weighted by molar-refractivity contribution is 7.09. The first-order chi connectivity index (χ1) is 9.47. The van der Waals surface area contributed by atoms with Crippen molar-refractivity contribution in [3.8, 4) is 0 Å². The normalized spacial score (nSPS) is 10.3. The molecular formula is C10H6Cl2N4O3S. The van der Waals surface area contributed by atoms with Gasteiger partial charge >= 0.3 is 5.97 Å². The first-order valence-electron chi connectivity index (χ1n) is 5.12. The third kappa shape index (κ3) is 3.41. The van der Waals surface area contributed by atoms with E-state index >= 15 is 0 Å². The van der Waals surface area contributed by atoms with Crippen LogP contribution >= 0.6 is 34.5 Å². The molecule has 0 bridgehead atoms. The van der Waals surface area contributed by atoms with Crippen molar-refractivity contribution in [3.05, 3.63) is 38.0 Å². The average Bonchev–Trinajstić information content (AvgIpc) is 2.88. The van der Waals surface area contributed by atoms with Gasteiger partial charge in [0.2, 0.25) is 0 Å². The summed E-state index contributed by atoms with van der Waals surface area (Å²) in [6, 6.07) is 1.29. The van der Waals surface area contributed by atoms with Crippen LogP contribution in [0, 0.1) is 0 Å². The molecule has 2 aromatic heterocycles. The van der Waals surface area contributed by atoms with Gasteiger partial charge in [0, 0.05) is 5.38 Å². The highest BCUT2D eigenvalue weighted by atomic mass is 35.5. The van der Waals surface area contributed by atoms with Crippen LogP contribution in [-0.2, 0) is 6.54 Å². The maximum Gasteiger partial charge on any atom is 0.355 e. The first kappa shape index (κ1) is 14.6. The van der Waals surface area contributed by atoms with E-state index in [1.54, 1.807) is 0 Å². The molecule has 2 N–H and O–H groups in total. The van der Waals surface area contributed by atoms with E-state index in [0.717, 1.165) is 11.3 Å². The van der Waals surface area contributed by atoms with E-state index < -0.39 is 11.9 Å². The number of thiazole rings is 1. The van der Waals surface area contributed by atoms with Gasteiger partial charge in [-0.15, -0.1) is 21.5 Å². The van der Waals surface area contributed by atoms with Gasteiger partial charge in [-0.3, -0.25) is 4.79 Å². The summed E-state index contributed by atoms with van der Waals surface area (Å²) in [5, 5.41) is 20.1. The summed E-state index contributed by atoms with van der Waals surface area (Å²) in [5.41, 5.74) is 0.0209. The zero-order chi connectivity index (χ0) is 14.7. The third-order valence-electron chi connectivity index (χ3n) is 2.13. The minimum Gasteiger partial charge on any atom is -0.476 e. The SMILES string of the molecule is O=C(O)c1csc(CNC(=O)c2cc(Cl)nnc2Cl)n1. The molecule has 20 heavy (non-hydrogen) atoms. The number of hydrogen-bond donors (Lipinski definition) is 2. The van der Waals surface area contributed by atoms with Crippen molar-refractivity contribution in [1.82, 2.24) is 20.5 Å². The van der Waals surface area contributed by atoms with Gasteiger partial charge in [-0.2, -0.15) is 0 Å². The van der Waals surface area contributed by atoms with Gasteiger partial charge in [0.15, 0.2) is 16.0 Å². The van der Waals surface area contributed by atoms with Crippen LogP contribution < -0.4 is 5.32 Å². The molecular weight excluding hydrogens is 327 g/mol. The number of aromatic carboxylic acids is 1. The highest BCUT2D eigenvalue weighted by Gasteiger charge is 2.14. The fraction of sp³-hybridized carbons (Fsp3) is 0.100. The molecule has 104 valence electrons. The molecule has 2 aromatic rings. The number of halogens is 2. The Morgan fingerprint density at radius 1 is 1.35 bits per heavy atom. The smallest absolute Gasteiger partial charge is 0.355 e. The maximum absolute atomic E-state index is 11.9. The number of carbonyl (C=O) groups excluding carboxylic acids is 1. The molecule has 10 heteroatoms. The molecule has 0 saturated carbocycles. The molecule has 0 unspecified atom stereocenters. The van der Waals surface area contributed by atoms with Crippen molar-refractivity contribution in [2.75, 3.05) is 0 Å². The Hall–Kier alpha value is -1.77. The lowest BCUT2D eigenvalue weighted by molar-refractivity contribution is 0.0691. The summed E-state index contributed by atoms with van der Waals surface area (Å²) >= 11 is 12.5. The van der Waals surface area contributed by atoms with Crippen LogP contribution in [0.2, 0.25) is 10.3 Å². The number of nitrogens with zero attached hydrogens (tertiary/aromatic N) is 3.